The van der Waals surface area contributed by atoms with E-state index in [-0.39, 0.29) is 6.04 Å². The standard InChI is InChI=1S/C17H20ClNO/c1-3-10-20-16-7-5-4-6-14(16)17(19)13-8-9-15(18)12(2)11-13/h4-9,11,17H,3,10,19H2,1-2H3. The van der Waals surface area contributed by atoms with Gasteiger partial charge in [-0.05, 0) is 36.6 Å². The van der Waals surface area contributed by atoms with E-state index in [1.807, 2.05) is 49.4 Å². The predicted molar refractivity (Wildman–Crippen MR) is 84.4 cm³/mol. The zero-order valence-corrected chi connectivity index (χ0v) is 12.7. The van der Waals surface area contributed by atoms with Crippen molar-refractivity contribution in [2.75, 3.05) is 6.61 Å². The number of halogens is 1. The minimum atomic E-state index is -0.209. The lowest BCUT2D eigenvalue weighted by molar-refractivity contribution is 0.313. The van der Waals surface area contributed by atoms with Gasteiger partial charge in [0, 0.05) is 10.6 Å². The second kappa shape index (κ2) is 6.78. The SMILES string of the molecule is CCCOc1ccccc1C(N)c1ccc(Cl)c(C)c1. The lowest BCUT2D eigenvalue weighted by Gasteiger charge is -2.18. The van der Waals surface area contributed by atoms with Crippen LogP contribution in [0.3, 0.4) is 0 Å². The van der Waals surface area contributed by atoms with Crippen LogP contribution in [-0.2, 0) is 0 Å². The summed E-state index contributed by atoms with van der Waals surface area (Å²) >= 11 is 6.07. The van der Waals surface area contributed by atoms with Crippen LogP contribution >= 0.6 is 11.6 Å². The molecule has 0 fully saturated rings. The minimum absolute atomic E-state index is 0.209. The fourth-order valence-corrected chi connectivity index (χ4v) is 2.24. The van der Waals surface area contributed by atoms with E-state index in [0.29, 0.717) is 6.61 Å². The molecule has 2 N–H and O–H groups in total. The van der Waals surface area contributed by atoms with Crippen molar-refractivity contribution in [2.45, 2.75) is 26.3 Å². The topological polar surface area (TPSA) is 35.2 Å². The van der Waals surface area contributed by atoms with Gasteiger partial charge in [-0.25, -0.2) is 0 Å². The van der Waals surface area contributed by atoms with E-state index in [1.165, 1.54) is 0 Å². The summed E-state index contributed by atoms with van der Waals surface area (Å²) in [6.45, 7) is 4.77. The van der Waals surface area contributed by atoms with E-state index in [9.17, 15) is 0 Å². The molecular formula is C17H20ClNO. The molecule has 0 saturated carbocycles. The number of hydrogen-bond donors (Lipinski definition) is 1. The van der Waals surface area contributed by atoms with E-state index in [0.717, 1.165) is 33.9 Å². The van der Waals surface area contributed by atoms with Crippen molar-refractivity contribution in [1.82, 2.24) is 0 Å². The average molecular weight is 290 g/mol. The Morgan fingerprint density at radius 2 is 1.95 bits per heavy atom. The van der Waals surface area contributed by atoms with Gasteiger partial charge in [0.15, 0.2) is 0 Å². The van der Waals surface area contributed by atoms with Gasteiger partial charge < -0.3 is 10.5 Å². The Labute approximate surface area is 125 Å². The van der Waals surface area contributed by atoms with Crippen LogP contribution in [0.15, 0.2) is 42.5 Å². The molecule has 2 rings (SSSR count). The summed E-state index contributed by atoms with van der Waals surface area (Å²) in [5.74, 6) is 0.856. The highest BCUT2D eigenvalue weighted by atomic mass is 35.5. The monoisotopic (exact) mass is 289 g/mol. The number of para-hydroxylation sites is 1. The van der Waals surface area contributed by atoms with Crippen LogP contribution in [0.4, 0.5) is 0 Å². The summed E-state index contributed by atoms with van der Waals surface area (Å²) in [6, 6.07) is 13.6. The molecule has 0 bridgehead atoms. The third-order valence-corrected chi connectivity index (χ3v) is 3.68. The van der Waals surface area contributed by atoms with Crippen LogP contribution in [0.25, 0.3) is 0 Å². The van der Waals surface area contributed by atoms with Crippen molar-refractivity contribution in [2.24, 2.45) is 5.73 Å². The fraction of sp³-hybridized carbons (Fsp3) is 0.294. The highest BCUT2D eigenvalue weighted by Crippen LogP contribution is 2.30. The molecule has 1 atom stereocenters. The summed E-state index contributed by atoms with van der Waals surface area (Å²) in [5, 5.41) is 0.761. The molecule has 20 heavy (non-hydrogen) atoms. The molecule has 0 spiro atoms. The third-order valence-electron chi connectivity index (χ3n) is 3.26. The molecule has 0 aliphatic carbocycles. The van der Waals surface area contributed by atoms with E-state index in [4.69, 9.17) is 22.1 Å². The summed E-state index contributed by atoms with van der Waals surface area (Å²) < 4.78 is 5.78. The first-order valence-corrected chi connectivity index (χ1v) is 7.24. The molecule has 0 heterocycles. The molecule has 2 aromatic carbocycles. The molecule has 0 amide bonds. The largest absolute Gasteiger partial charge is 0.493 e. The number of benzene rings is 2. The zero-order valence-electron chi connectivity index (χ0n) is 11.9. The van der Waals surface area contributed by atoms with Crippen molar-refractivity contribution in [1.29, 1.82) is 0 Å². The predicted octanol–water partition coefficient (Wildman–Crippen LogP) is 4.49. The van der Waals surface area contributed by atoms with E-state index < -0.39 is 0 Å². The van der Waals surface area contributed by atoms with Crippen LogP contribution < -0.4 is 10.5 Å². The summed E-state index contributed by atoms with van der Waals surface area (Å²) in [6.07, 6.45) is 0.976. The maximum absolute atomic E-state index is 6.38. The van der Waals surface area contributed by atoms with E-state index >= 15 is 0 Å². The van der Waals surface area contributed by atoms with E-state index in [1.54, 1.807) is 0 Å². The summed E-state index contributed by atoms with van der Waals surface area (Å²) in [4.78, 5) is 0. The average Bonchev–Trinajstić information content (AvgIpc) is 2.47. The summed E-state index contributed by atoms with van der Waals surface area (Å²) in [5.41, 5.74) is 9.46. The van der Waals surface area contributed by atoms with Crippen LogP contribution in [0.1, 0.15) is 36.1 Å². The van der Waals surface area contributed by atoms with Gasteiger partial charge in [0.25, 0.3) is 0 Å². The van der Waals surface area contributed by atoms with Crippen LogP contribution in [-0.4, -0.2) is 6.61 Å². The fourth-order valence-electron chi connectivity index (χ4n) is 2.12. The van der Waals surface area contributed by atoms with Crippen LogP contribution in [0.2, 0.25) is 5.02 Å². The van der Waals surface area contributed by atoms with Gasteiger partial charge in [0.2, 0.25) is 0 Å². The number of hydrogen-bond acceptors (Lipinski definition) is 2. The number of ether oxygens (including phenoxy) is 1. The second-order valence-electron chi connectivity index (χ2n) is 4.87. The quantitative estimate of drug-likeness (QED) is 0.880. The molecular weight excluding hydrogens is 270 g/mol. The lowest BCUT2D eigenvalue weighted by Crippen LogP contribution is -2.14. The van der Waals surface area contributed by atoms with Gasteiger partial charge in [0.05, 0.1) is 12.6 Å². The lowest BCUT2D eigenvalue weighted by atomic mass is 9.97. The van der Waals surface area contributed by atoms with Crippen molar-refractivity contribution < 1.29 is 4.74 Å². The van der Waals surface area contributed by atoms with Gasteiger partial charge in [0.1, 0.15) is 5.75 Å². The van der Waals surface area contributed by atoms with Gasteiger partial charge in [-0.2, -0.15) is 0 Å². The number of nitrogens with two attached hydrogens (primary N) is 1. The Kier molecular flexibility index (Phi) is 5.05. The third kappa shape index (κ3) is 3.33. The molecule has 0 saturated heterocycles. The van der Waals surface area contributed by atoms with Crippen molar-refractivity contribution >= 4 is 11.6 Å². The van der Waals surface area contributed by atoms with Gasteiger partial charge in [-0.1, -0.05) is 48.9 Å². The minimum Gasteiger partial charge on any atom is -0.493 e. The van der Waals surface area contributed by atoms with Crippen molar-refractivity contribution in [3.63, 3.8) is 0 Å². The Hall–Kier alpha value is -1.51. The summed E-state index contributed by atoms with van der Waals surface area (Å²) in [7, 11) is 0. The smallest absolute Gasteiger partial charge is 0.124 e. The molecule has 106 valence electrons. The van der Waals surface area contributed by atoms with Crippen molar-refractivity contribution in [3.8, 4) is 5.75 Å². The zero-order chi connectivity index (χ0) is 14.5. The number of aryl methyl sites for hydroxylation is 1. The van der Waals surface area contributed by atoms with Crippen LogP contribution in [0, 0.1) is 6.92 Å². The first-order valence-electron chi connectivity index (χ1n) is 6.86. The molecule has 0 aliphatic rings. The first-order chi connectivity index (χ1) is 9.63. The maximum atomic E-state index is 6.38. The molecule has 0 radical (unpaired) electrons. The van der Waals surface area contributed by atoms with Gasteiger partial charge in [-0.3, -0.25) is 0 Å². The van der Waals surface area contributed by atoms with Crippen LogP contribution in [0.5, 0.6) is 5.75 Å². The normalized spacial score (nSPS) is 12.2. The van der Waals surface area contributed by atoms with Crippen molar-refractivity contribution in [3.05, 3.63) is 64.2 Å². The second-order valence-corrected chi connectivity index (χ2v) is 5.28. The first kappa shape index (κ1) is 14.9. The molecule has 0 aliphatic heterocycles. The van der Waals surface area contributed by atoms with Gasteiger partial charge in [-0.15, -0.1) is 0 Å². The Bertz CT molecular complexity index is 583. The highest BCUT2D eigenvalue weighted by Gasteiger charge is 2.14. The van der Waals surface area contributed by atoms with Gasteiger partial charge >= 0.3 is 0 Å². The molecule has 2 aromatic rings. The highest BCUT2D eigenvalue weighted by molar-refractivity contribution is 6.31. The Balaban J connectivity index is 2.32. The molecule has 0 aromatic heterocycles. The molecule has 3 heteroatoms. The van der Waals surface area contributed by atoms with E-state index in [2.05, 4.69) is 6.92 Å². The number of rotatable bonds is 5. The maximum Gasteiger partial charge on any atom is 0.124 e. The molecule has 1 unspecified atom stereocenters. The molecule has 2 nitrogen and oxygen atoms in total. The Morgan fingerprint density at radius 3 is 2.65 bits per heavy atom. The Morgan fingerprint density at radius 1 is 1.20 bits per heavy atom.